The highest BCUT2D eigenvalue weighted by atomic mass is 32.1. The summed E-state index contributed by atoms with van der Waals surface area (Å²) in [7, 11) is 0. The fraction of sp³-hybridized carbons (Fsp3) is 0.160. The van der Waals surface area contributed by atoms with Crippen molar-refractivity contribution < 1.29 is 9.53 Å². The Morgan fingerprint density at radius 2 is 2.03 bits per heavy atom. The van der Waals surface area contributed by atoms with Gasteiger partial charge in [-0.1, -0.05) is 23.8 Å². The predicted octanol–water partition coefficient (Wildman–Crippen LogP) is 4.73. The van der Waals surface area contributed by atoms with Gasteiger partial charge in [-0.25, -0.2) is 4.99 Å². The van der Waals surface area contributed by atoms with Crippen molar-refractivity contribution in [3.8, 4) is 17.0 Å². The molecular weight excluding hydrogens is 420 g/mol. The largest absolute Gasteiger partial charge is 0.482 e. The first-order valence-corrected chi connectivity index (χ1v) is 11.3. The number of nitrogens with one attached hydrogen (secondary N) is 1. The second kappa shape index (κ2) is 8.80. The number of anilines is 1. The third-order valence-electron chi connectivity index (χ3n) is 5.28. The number of aromatic nitrogens is 2. The summed E-state index contributed by atoms with van der Waals surface area (Å²) in [5, 5.41) is 5.01. The van der Waals surface area contributed by atoms with Crippen LogP contribution in [0.15, 0.2) is 77.2 Å². The van der Waals surface area contributed by atoms with Gasteiger partial charge in [-0.3, -0.25) is 9.78 Å². The molecule has 0 atom stereocenters. The van der Waals surface area contributed by atoms with Crippen LogP contribution >= 0.6 is 11.3 Å². The van der Waals surface area contributed by atoms with E-state index in [0.717, 1.165) is 40.4 Å². The Morgan fingerprint density at radius 1 is 1.16 bits per heavy atom. The molecule has 5 rings (SSSR count). The molecule has 2 aromatic carbocycles. The van der Waals surface area contributed by atoms with Crippen molar-refractivity contribution >= 4 is 28.6 Å². The van der Waals surface area contributed by atoms with E-state index in [-0.39, 0.29) is 12.5 Å². The third kappa shape index (κ3) is 4.33. The van der Waals surface area contributed by atoms with Crippen LogP contribution in [0.3, 0.4) is 0 Å². The lowest BCUT2D eigenvalue weighted by Gasteiger charge is -2.19. The van der Waals surface area contributed by atoms with Gasteiger partial charge in [0.1, 0.15) is 5.75 Å². The van der Waals surface area contributed by atoms with Gasteiger partial charge in [0.2, 0.25) is 0 Å². The van der Waals surface area contributed by atoms with Crippen LogP contribution in [0.5, 0.6) is 5.75 Å². The molecular formula is C25H22N4O2S. The van der Waals surface area contributed by atoms with Crippen molar-refractivity contribution in [1.82, 2.24) is 9.55 Å². The molecule has 7 heteroatoms. The van der Waals surface area contributed by atoms with Crippen LogP contribution in [-0.4, -0.2) is 22.1 Å². The second-order valence-corrected chi connectivity index (χ2v) is 8.46. The standard InChI is InChI=1S/C25H22N4O2S/c1-17-5-8-20(9-6-17)27-25-29(13-11-19-4-2-3-12-26-19)22(16-32-25)18-7-10-23-21(14-18)28-24(30)15-31-23/h2-10,12,14,16H,11,13,15H2,1H3,(H,28,30). The molecule has 2 aromatic heterocycles. The molecule has 0 bridgehead atoms. The van der Waals surface area contributed by atoms with E-state index < -0.39 is 0 Å². The normalized spacial score (nSPS) is 13.4. The average Bonchev–Trinajstić information content (AvgIpc) is 3.21. The van der Waals surface area contributed by atoms with Crippen molar-refractivity contribution in [3.63, 3.8) is 0 Å². The molecule has 4 aromatic rings. The SMILES string of the molecule is Cc1ccc(N=c2scc(-c3ccc4c(c3)NC(=O)CO4)n2CCc2ccccn2)cc1. The van der Waals surface area contributed by atoms with E-state index in [0.29, 0.717) is 11.4 Å². The van der Waals surface area contributed by atoms with Crippen LogP contribution in [0.25, 0.3) is 11.3 Å². The molecule has 1 aliphatic rings. The van der Waals surface area contributed by atoms with Crippen molar-refractivity contribution in [1.29, 1.82) is 0 Å². The van der Waals surface area contributed by atoms with Crippen molar-refractivity contribution in [3.05, 3.63) is 88.3 Å². The highest BCUT2D eigenvalue weighted by Crippen LogP contribution is 2.33. The zero-order valence-electron chi connectivity index (χ0n) is 17.6. The van der Waals surface area contributed by atoms with Crippen LogP contribution in [0.1, 0.15) is 11.3 Å². The molecule has 1 N–H and O–H groups in total. The first-order chi connectivity index (χ1) is 15.7. The van der Waals surface area contributed by atoms with E-state index in [2.05, 4.69) is 39.3 Å². The molecule has 3 heterocycles. The van der Waals surface area contributed by atoms with Crippen LogP contribution < -0.4 is 14.9 Å². The molecule has 1 amide bonds. The summed E-state index contributed by atoms with van der Waals surface area (Å²) in [6.07, 6.45) is 2.61. The number of rotatable bonds is 5. The Balaban J connectivity index is 1.56. The number of carbonyl (C=O) groups is 1. The van der Waals surface area contributed by atoms with Gasteiger partial charge < -0.3 is 14.6 Å². The number of aryl methyl sites for hydroxylation is 2. The van der Waals surface area contributed by atoms with Crippen LogP contribution in [-0.2, 0) is 17.8 Å². The Bertz CT molecular complexity index is 1320. The Kier molecular flexibility index (Phi) is 5.56. The summed E-state index contributed by atoms with van der Waals surface area (Å²) in [5.41, 5.74) is 5.89. The minimum Gasteiger partial charge on any atom is -0.482 e. The molecule has 32 heavy (non-hydrogen) atoms. The number of benzene rings is 2. The molecule has 0 spiro atoms. The summed E-state index contributed by atoms with van der Waals surface area (Å²) >= 11 is 1.60. The number of hydrogen-bond acceptors (Lipinski definition) is 5. The van der Waals surface area contributed by atoms with E-state index in [1.807, 2.05) is 54.7 Å². The molecule has 0 aliphatic carbocycles. The van der Waals surface area contributed by atoms with Gasteiger partial charge in [0.15, 0.2) is 11.4 Å². The maximum Gasteiger partial charge on any atom is 0.262 e. The number of pyridine rings is 1. The Hall–Kier alpha value is -3.71. The maximum atomic E-state index is 11.8. The zero-order valence-corrected chi connectivity index (χ0v) is 18.4. The maximum absolute atomic E-state index is 11.8. The predicted molar refractivity (Wildman–Crippen MR) is 126 cm³/mol. The average molecular weight is 443 g/mol. The smallest absolute Gasteiger partial charge is 0.262 e. The molecule has 0 saturated carbocycles. The summed E-state index contributed by atoms with van der Waals surface area (Å²) in [5.74, 6) is 0.547. The first-order valence-electron chi connectivity index (χ1n) is 10.4. The minimum absolute atomic E-state index is 0.0501. The molecule has 1 aliphatic heterocycles. The van der Waals surface area contributed by atoms with E-state index in [9.17, 15) is 4.79 Å². The molecule has 0 fully saturated rings. The van der Waals surface area contributed by atoms with E-state index in [1.54, 1.807) is 11.3 Å². The second-order valence-electron chi connectivity index (χ2n) is 7.62. The van der Waals surface area contributed by atoms with Gasteiger partial charge in [0, 0.05) is 35.8 Å². The highest BCUT2D eigenvalue weighted by Gasteiger charge is 2.18. The van der Waals surface area contributed by atoms with Crippen LogP contribution in [0.4, 0.5) is 11.4 Å². The lowest BCUT2D eigenvalue weighted by atomic mass is 10.1. The van der Waals surface area contributed by atoms with Gasteiger partial charge >= 0.3 is 0 Å². The van der Waals surface area contributed by atoms with Gasteiger partial charge in [0.05, 0.1) is 17.1 Å². The monoisotopic (exact) mass is 442 g/mol. The van der Waals surface area contributed by atoms with Crippen molar-refractivity contribution in [2.24, 2.45) is 4.99 Å². The fourth-order valence-electron chi connectivity index (χ4n) is 3.61. The topological polar surface area (TPSA) is 68.5 Å². The summed E-state index contributed by atoms with van der Waals surface area (Å²) in [6.45, 7) is 2.85. The Morgan fingerprint density at radius 3 is 2.84 bits per heavy atom. The minimum atomic E-state index is -0.141. The van der Waals surface area contributed by atoms with E-state index in [4.69, 9.17) is 9.73 Å². The number of fused-ring (bicyclic) bond motifs is 1. The molecule has 0 radical (unpaired) electrons. The number of thiazole rings is 1. The summed E-state index contributed by atoms with van der Waals surface area (Å²) < 4.78 is 7.73. The highest BCUT2D eigenvalue weighted by molar-refractivity contribution is 7.07. The molecule has 0 saturated heterocycles. The number of amides is 1. The molecule has 160 valence electrons. The van der Waals surface area contributed by atoms with Gasteiger partial charge in [-0.2, -0.15) is 0 Å². The van der Waals surface area contributed by atoms with Gasteiger partial charge in [0.25, 0.3) is 5.91 Å². The van der Waals surface area contributed by atoms with Crippen molar-refractivity contribution in [2.75, 3.05) is 11.9 Å². The van der Waals surface area contributed by atoms with Gasteiger partial charge in [-0.05, 0) is 49.4 Å². The van der Waals surface area contributed by atoms with E-state index >= 15 is 0 Å². The van der Waals surface area contributed by atoms with Gasteiger partial charge in [-0.15, -0.1) is 11.3 Å². The number of carbonyl (C=O) groups excluding carboxylic acids is 1. The zero-order chi connectivity index (χ0) is 21.9. The van der Waals surface area contributed by atoms with Crippen LogP contribution in [0, 0.1) is 6.92 Å². The Labute approximate surface area is 189 Å². The number of nitrogens with zero attached hydrogens (tertiary/aromatic N) is 3. The first kappa shape index (κ1) is 20.2. The summed E-state index contributed by atoms with van der Waals surface area (Å²) in [6, 6.07) is 20.0. The van der Waals surface area contributed by atoms with E-state index in [1.165, 1.54) is 5.56 Å². The molecule has 0 unspecified atom stereocenters. The fourth-order valence-corrected chi connectivity index (χ4v) is 4.57. The quantitative estimate of drug-likeness (QED) is 0.486. The summed E-state index contributed by atoms with van der Waals surface area (Å²) in [4.78, 5) is 22.1. The molecule has 6 nitrogen and oxygen atoms in total. The number of ether oxygens (including phenoxy) is 1. The van der Waals surface area contributed by atoms with Crippen molar-refractivity contribution in [2.45, 2.75) is 19.9 Å². The third-order valence-corrected chi connectivity index (χ3v) is 6.15. The lowest BCUT2D eigenvalue weighted by Crippen LogP contribution is -2.25. The number of hydrogen-bond donors (Lipinski definition) is 1. The lowest BCUT2D eigenvalue weighted by molar-refractivity contribution is -0.118. The van der Waals surface area contributed by atoms with Crippen LogP contribution in [0.2, 0.25) is 0 Å².